The summed E-state index contributed by atoms with van der Waals surface area (Å²) in [4.78, 5) is 4.55. The van der Waals surface area contributed by atoms with Crippen LogP contribution in [0.1, 0.15) is 19.8 Å². The van der Waals surface area contributed by atoms with Gasteiger partial charge in [0.1, 0.15) is 5.82 Å². The van der Waals surface area contributed by atoms with E-state index in [0.29, 0.717) is 18.3 Å². The molecule has 0 aliphatic carbocycles. The van der Waals surface area contributed by atoms with Crippen LogP contribution in [0.15, 0.2) is 24.3 Å². The Morgan fingerprint density at radius 1 is 1.37 bits per heavy atom. The van der Waals surface area contributed by atoms with E-state index in [1.807, 2.05) is 12.1 Å². The number of rotatable bonds is 3. The summed E-state index contributed by atoms with van der Waals surface area (Å²) in [5.74, 6) is -0.138. The Balaban J connectivity index is 2.33. The molecule has 1 aliphatic rings. The first kappa shape index (κ1) is 14.3. The third-order valence-electron chi connectivity index (χ3n) is 3.95. The first-order chi connectivity index (χ1) is 9.13. The van der Waals surface area contributed by atoms with Crippen molar-refractivity contribution in [2.75, 3.05) is 31.6 Å². The third-order valence-corrected chi connectivity index (χ3v) is 3.95. The highest BCUT2D eigenvalue weighted by Gasteiger charge is 2.29. The highest BCUT2D eigenvalue weighted by Crippen LogP contribution is 2.28. The standard InChI is InChI=1S/C15H24FN3/c1-12-8-10-18(2)11-13(7-9-17)19(12)15-6-4-3-5-14(15)16/h3-6,12-13H,7-11,17H2,1-2H3. The minimum absolute atomic E-state index is 0.138. The van der Waals surface area contributed by atoms with Crippen molar-refractivity contribution in [3.05, 3.63) is 30.1 Å². The van der Waals surface area contributed by atoms with E-state index in [9.17, 15) is 4.39 Å². The maximum absolute atomic E-state index is 14.1. The molecule has 0 spiro atoms. The normalized spacial score (nSPS) is 25.4. The first-order valence-electron chi connectivity index (χ1n) is 7.05. The molecule has 2 unspecified atom stereocenters. The van der Waals surface area contributed by atoms with E-state index >= 15 is 0 Å². The predicted octanol–water partition coefficient (Wildman–Crippen LogP) is 2.07. The van der Waals surface area contributed by atoms with Gasteiger partial charge in [-0.15, -0.1) is 0 Å². The van der Waals surface area contributed by atoms with Crippen LogP contribution in [0.5, 0.6) is 0 Å². The molecule has 19 heavy (non-hydrogen) atoms. The number of nitrogens with zero attached hydrogens (tertiary/aromatic N) is 2. The summed E-state index contributed by atoms with van der Waals surface area (Å²) in [6.45, 7) is 4.80. The highest BCUT2D eigenvalue weighted by atomic mass is 19.1. The molecular formula is C15H24FN3. The van der Waals surface area contributed by atoms with Gasteiger partial charge in [0.05, 0.1) is 5.69 Å². The van der Waals surface area contributed by atoms with Crippen molar-refractivity contribution in [1.29, 1.82) is 0 Å². The van der Waals surface area contributed by atoms with Gasteiger partial charge >= 0.3 is 0 Å². The van der Waals surface area contributed by atoms with E-state index in [-0.39, 0.29) is 11.9 Å². The van der Waals surface area contributed by atoms with Gasteiger partial charge in [-0.2, -0.15) is 0 Å². The highest BCUT2D eigenvalue weighted by molar-refractivity contribution is 5.50. The zero-order valence-electron chi connectivity index (χ0n) is 11.8. The van der Waals surface area contributed by atoms with Crippen LogP contribution in [-0.2, 0) is 0 Å². The summed E-state index contributed by atoms with van der Waals surface area (Å²) in [5, 5.41) is 0. The van der Waals surface area contributed by atoms with Crippen molar-refractivity contribution in [1.82, 2.24) is 4.90 Å². The van der Waals surface area contributed by atoms with Gasteiger partial charge in [0.2, 0.25) is 0 Å². The van der Waals surface area contributed by atoms with Crippen LogP contribution in [0.4, 0.5) is 10.1 Å². The van der Waals surface area contributed by atoms with Gasteiger partial charge in [-0.3, -0.25) is 0 Å². The fourth-order valence-electron chi connectivity index (χ4n) is 2.96. The number of likely N-dealkylation sites (N-methyl/N-ethyl adjacent to an activating group) is 1. The molecular weight excluding hydrogens is 241 g/mol. The minimum atomic E-state index is -0.138. The summed E-state index contributed by atoms with van der Waals surface area (Å²) in [5.41, 5.74) is 6.45. The molecule has 2 rings (SSSR count). The van der Waals surface area contributed by atoms with Crippen molar-refractivity contribution in [2.45, 2.75) is 31.8 Å². The van der Waals surface area contributed by atoms with Gasteiger partial charge in [0.15, 0.2) is 0 Å². The summed E-state index contributed by atoms with van der Waals surface area (Å²) < 4.78 is 14.1. The van der Waals surface area contributed by atoms with E-state index in [4.69, 9.17) is 5.73 Å². The fourth-order valence-corrected chi connectivity index (χ4v) is 2.96. The molecule has 1 saturated heterocycles. The van der Waals surface area contributed by atoms with E-state index in [1.54, 1.807) is 6.07 Å². The van der Waals surface area contributed by atoms with Gasteiger partial charge in [0.25, 0.3) is 0 Å². The topological polar surface area (TPSA) is 32.5 Å². The van der Waals surface area contributed by atoms with Crippen molar-refractivity contribution >= 4 is 5.69 Å². The van der Waals surface area contributed by atoms with Crippen molar-refractivity contribution < 1.29 is 4.39 Å². The van der Waals surface area contributed by atoms with Crippen LogP contribution >= 0.6 is 0 Å². The van der Waals surface area contributed by atoms with Crippen molar-refractivity contribution in [3.63, 3.8) is 0 Å². The number of hydrogen-bond acceptors (Lipinski definition) is 3. The van der Waals surface area contributed by atoms with Gasteiger partial charge in [-0.05, 0) is 52.0 Å². The van der Waals surface area contributed by atoms with E-state index in [2.05, 4.69) is 23.8 Å². The SMILES string of the molecule is CC1CCN(C)CC(CCN)N1c1ccccc1F. The Morgan fingerprint density at radius 2 is 2.11 bits per heavy atom. The molecule has 0 bridgehead atoms. The molecule has 0 saturated carbocycles. The third kappa shape index (κ3) is 3.25. The molecule has 3 nitrogen and oxygen atoms in total. The van der Waals surface area contributed by atoms with Crippen molar-refractivity contribution in [3.8, 4) is 0 Å². The molecule has 1 fully saturated rings. The summed E-state index contributed by atoms with van der Waals surface area (Å²) in [6.07, 6.45) is 1.94. The lowest BCUT2D eigenvalue weighted by molar-refractivity contribution is 0.325. The van der Waals surface area contributed by atoms with Gasteiger partial charge in [0, 0.05) is 18.6 Å². The Morgan fingerprint density at radius 3 is 2.79 bits per heavy atom. The maximum Gasteiger partial charge on any atom is 0.146 e. The van der Waals surface area contributed by atoms with Crippen LogP contribution in [-0.4, -0.2) is 43.7 Å². The Hall–Kier alpha value is -1.13. The Kier molecular flexibility index (Phi) is 4.77. The van der Waals surface area contributed by atoms with Crippen LogP contribution in [0.3, 0.4) is 0 Å². The first-order valence-corrected chi connectivity index (χ1v) is 7.05. The maximum atomic E-state index is 14.1. The number of nitrogens with two attached hydrogens (primary N) is 1. The average Bonchev–Trinajstić information content (AvgIpc) is 2.51. The smallest absolute Gasteiger partial charge is 0.146 e. The minimum Gasteiger partial charge on any atom is -0.362 e. The molecule has 1 aromatic carbocycles. The lowest BCUT2D eigenvalue weighted by Gasteiger charge is -2.37. The number of benzene rings is 1. The molecule has 1 aliphatic heterocycles. The summed E-state index contributed by atoms with van der Waals surface area (Å²) in [6, 6.07) is 7.67. The predicted molar refractivity (Wildman–Crippen MR) is 77.9 cm³/mol. The van der Waals surface area contributed by atoms with E-state index in [1.165, 1.54) is 6.07 Å². The second-order valence-electron chi connectivity index (χ2n) is 5.49. The zero-order valence-corrected chi connectivity index (χ0v) is 11.8. The van der Waals surface area contributed by atoms with Crippen LogP contribution in [0, 0.1) is 5.82 Å². The molecule has 2 atom stereocenters. The number of hydrogen-bond donors (Lipinski definition) is 1. The Bertz CT molecular complexity index is 410. The zero-order chi connectivity index (χ0) is 13.8. The monoisotopic (exact) mass is 265 g/mol. The molecule has 2 N–H and O–H groups in total. The molecule has 0 aromatic heterocycles. The Labute approximate surface area is 115 Å². The largest absolute Gasteiger partial charge is 0.362 e. The second kappa shape index (κ2) is 6.35. The van der Waals surface area contributed by atoms with E-state index < -0.39 is 0 Å². The lowest BCUT2D eigenvalue weighted by atomic mass is 10.1. The van der Waals surface area contributed by atoms with Crippen LogP contribution in [0.2, 0.25) is 0 Å². The van der Waals surface area contributed by atoms with Gasteiger partial charge in [-0.25, -0.2) is 4.39 Å². The van der Waals surface area contributed by atoms with Crippen LogP contribution < -0.4 is 10.6 Å². The van der Waals surface area contributed by atoms with Crippen molar-refractivity contribution in [2.24, 2.45) is 5.73 Å². The van der Waals surface area contributed by atoms with Gasteiger partial charge in [-0.1, -0.05) is 12.1 Å². The summed E-state index contributed by atoms with van der Waals surface area (Å²) >= 11 is 0. The molecule has 106 valence electrons. The molecule has 4 heteroatoms. The second-order valence-corrected chi connectivity index (χ2v) is 5.49. The lowest BCUT2D eigenvalue weighted by Crippen LogP contribution is -2.45. The number of anilines is 1. The number of para-hydroxylation sites is 1. The quantitative estimate of drug-likeness (QED) is 0.908. The van der Waals surface area contributed by atoms with Crippen LogP contribution in [0.25, 0.3) is 0 Å². The molecule has 0 amide bonds. The molecule has 1 aromatic rings. The van der Waals surface area contributed by atoms with Gasteiger partial charge < -0.3 is 15.5 Å². The molecule has 1 heterocycles. The number of halogens is 1. The average molecular weight is 265 g/mol. The molecule has 0 radical (unpaired) electrons. The van der Waals surface area contributed by atoms with E-state index in [0.717, 1.165) is 25.9 Å². The fraction of sp³-hybridized carbons (Fsp3) is 0.600. The summed E-state index contributed by atoms with van der Waals surface area (Å²) in [7, 11) is 2.13.